The van der Waals surface area contributed by atoms with Crippen LogP contribution in [0.3, 0.4) is 0 Å². The molecule has 3 rings (SSSR count). The molecule has 0 aliphatic carbocycles. The van der Waals surface area contributed by atoms with Gasteiger partial charge in [0.2, 0.25) is 5.91 Å². The normalized spacial score (nSPS) is 10.6. The van der Waals surface area contributed by atoms with E-state index >= 15 is 0 Å². The first kappa shape index (κ1) is 17.5. The van der Waals surface area contributed by atoms with Crippen LogP contribution in [-0.4, -0.2) is 15.5 Å². The Morgan fingerprint density at radius 3 is 2.44 bits per heavy atom. The molecule has 1 amide bonds. The Hall–Kier alpha value is -2.30. The minimum Gasteiger partial charge on any atom is -0.352 e. The molecule has 0 saturated carbocycles. The number of nitrogens with zero attached hydrogens (tertiary/aromatic N) is 2. The molecule has 0 atom stereocenters. The van der Waals surface area contributed by atoms with Gasteiger partial charge in [-0.3, -0.25) is 4.79 Å². The molecule has 2 aromatic carbocycles. The highest BCUT2D eigenvalue weighted by Gasteiger charge is 2.08. The molecule has 0 aliphatic rings. The number of imidazole rings is 1. The van der Waals surface area contributed by atoms with Gasteiger partial charge in [0.05, 0.1) is 6.33 Å². The molecule has 0 bridgehead atoms. The van der Waals surface area contributed by atoms with Crippen molar-refractivity contribution in [2.75, 3.05) is 0 Å². The van der Waals surface area contributed by atoms with Gasteiger partial charge < -0.3 is 9.88 Å². The Bertz CT molecular complexity index is 825. The molecule has 6 heteroatoms. The number of hydrogen-bond donors (Lipinski definition) is 1. The molecule has 4 nitrogen and oxygen atoms in total. The minimum atomic E-state index is -0.0327. The van der Waals surface area contributed by atoms with E-state index in [0.717, 1.165) is 16.8 Å². The highest BCUT2D eigenvalue weighted by Crippen LogP contribution is 2.25. The third kappa shape index (κ3) is 4.62. The van der Waals surface area contributed by atoms with Gasteiger partial charge in [-0.15, -0.1) is 0 Å². The predicted molar refractivity (Wildman–Crippen MR) is 100 cm³/mol. The number of benzene rings is 2. The quantitative estimate of drug-likeness (QED) is 0.694. The number of rotatable bonds is 6. The van der Waals surface area contributed by atoms with Gasteiger partial charge >= 0.3 is 0 Å². The van der Waals surface area contributed by atoms with Crippen LogP contribution in [0.25, 0.3) is 5.69 Å². The van der Waals surface area contributed by atoms with Crippen LogP contribution in [0.4, 0.5) is 0 Å². The van der Waals surface area contributed by atoms with Crippen LogP contribution in [0.5, 0.6) is 0 Å². The van der Waals surface area contributed by atoms with E-state index in [2.05, 4.69) is 10.3 Å². The van der Waals surface area contributed by atoms with E-state index in [1.807, 2.05) is 35.0 Å². The molecule has 0 aliphatic heterocycles. The second-order valence-corrected chi connectivity index (χ2v) is 6.43. The molecule has 128 valence electrons. The first-order valence-corrected chi connectivity index (χ1v) is 8.66. The smallest absolute Gasteiger partial charge is 0.220 e. The molecule has 1 heterocycles. The van der Waals surface area contributed by atoms with Gasteiger partial charge in [-0.05, 0) is 41.8 Å². The van der Waals surface area contributed by atoms with Crippen molar-refractivity contribution >= 4 is 29.1 Å². The van der Waals surface area contributed by atoms with Crippen LogP contribution in [0, 0.1) is 0 Å². The summed E-state index contributed by atoms with van der Waals surface area (Å²) in [6.45, 7) is 0.485. The highest BCUT2D eigenvalue weighted by molar-refractivity contribution is 6.36. The van der Waals surface area contributed by atoms with Crippen molar-refractivity contribution in [2.24, 2.45) is 0 Å². The Morgan fingerprint density at radius 1 is 1.08 bits per heavy atom. The third-order valence-electron chi connectivity index (χ3n) is 3.89. The topological polar surface area (TPSA) is 46.9 Å². The Balaban J connectivity index is 1.51. The maximum atomic E-state index is 12.1. The monoisotopic (exact) mass is 373 g/mol. The summed E-state index contributed by atoms with van der Waals surface area (Å²) in [7, 11) is 0. The van der Waals surface area contributed by atoms with E-state index in [-0.39, 0.29) is 5.91 Å². The lowest BCUT2D eigenvalue weighted by atomic mass is 10.1. The van der Waals surface area contributed by atoms with Gasteiger partial charge in [0.25, 0.3) is 0 Å². The molecule has 1 N–H and O–H groups in total. The van der Waals surface area contributed by atoms with Crippen LogP contribution in [0.15, 0.2) is 61.2 Å². The number of hydrogen-bond acceptors (Lipinski definition) is 2. The molecular weight excluding hydrogens is 357 g/mol. The molecule has 1 aromatic heterocycles. The number of halogens is 2. The van der Waals surface area contributed by atoms with Crippen LogP contribution in [0.1, 0.15) is 17.5 Å². The van der Waals surface area contributed by atoms with Crippen LogP contribution in [-0.2, 0) is 17.8 Å². The van der Waals surface area contributed by atoms with Crippen molar-refractivity contribution in [3.8, 4) is 5.69 Å². The molecule has 0 saturated heterocycles. The summed E-state index contributed by atoms with van der Waals surface area (Å²) in [4.78, 5) is 16.1. The number of aromatic nitrogens is 2. The molecule has 0 spiro atoms. The fourth-order valence-corrected chi connectivity index (χ4v) is 3.08. The molecular formula is C19H17Cl2N3O. The van der Waals surface area contributed by atoms with Crippen LogP contribution >= 0.6 is 23.2 Å². The standard InChI is InChI=1S/C19H17Cl2N3O/c20-17-2-1-3-18(21)16(17)8-9-19(25)23-12-14-4-6-15(7-5-14)24-11-10-22-13-24/h1-7,10-11,13H,8-9,12H2,(H,23,25). The summed E-state index contributed by atoms with van der Waals surface area (Å²) < 4.78 is 1.93. The van der Waals surface area contributed by atoms with E-state index in [1.165, 1.54) is 0 Å². The van der Waals surface area contributed by atoms with Gasteiger partial charge in [-0.1, -0.05) is 41.4 Å². The molecule has 3 aromatic rings. The summed E-state index contributed by atoms with van der Waals surface area (Å²) in [5, 5.41) is 4.10. The first-order chi connectivity index (χ1) is 12.1. The maximum Gasteiger partial charge on any atom is 0.220 e. The second kappa shape index (κ2) is 8.19. The van der Waals surface area contributed by atoms with Crippen molar-refractivity contribution in [3.63, 3.8) is 0 Å². The summed E-state index contributed by atoms with van der Waals surface area (Å²) in [5.74, 6) is -0.0327. The van der Waals surface area contributed by atoms with E-state index in [4.69, 9.17) is 23.2 Å². The zero-order valence-corrected chi connectivity index (χ0v) is 15.0. The maximum absolute atomic E-state index is 12.1. The lowest BCUT2D eigenvalue weighted by Gasteiger charge is -2.09. The number of nitrogens with one attached hydrogen (secondary N) is 1. The summed E-state index contributed by atoms with van der Waals surface area (Å²) in [6, 6.07) is 13.3. The van der Waals surface area contributed by atoms with Crippen molar-refractivity contribution in [1.29, 1.82) is 0 Å². The Morgan fingerprint density at radius 2 is 1.80 bits per heavy atom. The predicted octanol–water partition coefficient (Wildman–Crippen LogP) is 4.43. The molecule has 0 unspecified atom stereocenters. The third-order valence-corrected chi connectivity index (χ3v) is 4.60. The van der Waals surface area contributed by atoms with Crippen molar-refractivity contribution in [2.45, 2.75) is 19.4 Å². The molecule has 0 radical (unpaired) electrons. The first-order valence-electron chi connectivity index (χ1n) is 7.90. The highest BCUT2D eigenvalue weighted by atomic mass is 35.5. The van der Waals surface area contributed by atoms with E-state index in [0.29, 0.717) is 29.4 Å². The van der Waals surface area contributed by atoms with Gasteiger partial charge in [0.15, 0.2) is 0 Å². The molecule has 25 heavy (non-hydrogen) atoms. The van der Waals surface area contributed by atoms with Crippen molar-refractivity contribution in [3.05, 3.63) is 82.4 Å². The lowest BCUT2D eigenvalue weighted by Crippen LogP contribution is -2.23. The van der Waals surface area contributed by atoms with Gasteiger partial charge in [0, 0.05) is 41.1 Å². The van der Waals surface area contributed by atoms with Crippen molar-refractivity contribution in [1.82, 2.24) is 14.9 Å². The van der Waals surface area contributed by atoms with Gasteiger partial charge in [-0.2, -0.15) is 0 Å². The van der Waals surface area contributed by atoms with E-state index < -0.39 is 0 Å². The van der Waals surface area contributed by atoms with Gasteiger partial charge in [-0.25, -0.2) is 4.98 Å². The van der Waals surface area contributed by atoms with Gasteiger partial charge in [0.1, 0.15) is 0 Å². The van der Waals surface area contributed by atoms with E-state index in [9.17, 15) is 4.79 Å². The number of carbonyl (C=O) groups excluding carboxylic acids is 1. The minimum absolute atomic E-state index is 0.0327. The number of carbonyl (C=O) groups is 1. The number of amides is 1. The molecule has 0 fully saturated rings. The van der Waals surface area contributed by atoms with Crippen LogP contribution < -0.4 is 5.32 Å². The fourth-order valence-electron chi connectivity index (χ4n) is 2.50. The summed E-state index contributed by atoms with van der Waals surface area (Å²) in [5.41, 5.74) is 2.87. The second-order valence-electron chi connectivity index (χ2n) is 5.61. The average molecular weight is 374 g/mol. The largest absolute Gasteiger partial charge is 0.352 e. The lowest BCUT2D eigenvalue weighted by molar-refractivity contribution is -0.121. The zero-order valence-electron chi connectivity index (χ0n) is 13.5. The van der Waals surface area contributed by atoms with Crippen LogP contribution in [0.2, 0.25) is 10.0 Å². The summed E-state index contributed by atoms with van der Waals surface area (Å²) >= 11 is 12.2. The fraction of sp³-hybridized carbons (Fsp3) is 0.158. The SMILES string of the molecule is O=C(CCc1c(Cl)cccc1Cl)NCc1ccc(-n2ccnc2)cc1. The zero-order chi connectivity index (χ0) is 17.6. The van der Waals surface area contributed by atoms with E-state index in [1.54, 1.807) is 30.7 Å². The Kier molecular flexibility index (Phi) is 5.74. The van der Waals surface area contributed by atoms with Crippen molar-refractivity contribution < 1.29 is 4.79 Å². The Labute approximate surface area is 156 Å². The summed E-state index contributed by atoms with van der Waals surface area (Å²) in [6.07, 6.45) is 6.23. The average Bonchev–Trinajstić information content (AvgIpc) is 3.14.